The average molecular weight is 412 g/mol. The van der Waals surface area contributed by atoms with Crippen LogP contribution in [-0.2, 0) is 21.3 Å². The minimum absolute atomic E-state index is 0.285. The first-order valence-electron chi connectivity index (χ1n) is 9.76. The van der Waals surface area contributed by atoms with Crippen LogP contribution in [0.25, 0.3) is 11.0 Å². The van der Waals surface area contributed by atoms with Gasteiger partial charge >= 0.3 is 0 Å². The summed E-state index contributed by atoms with van der Waals surface area (Å²) in [6, 6.07) is 5.28. The summed E-state index contributed by atoms with van der Waals surface area (Å²) in [7, 11) is -3.48. The van der Waals surface area contributed by atoms with Crippen LogP contribution in [0.4, 0.5) is 0 Å². The highest BCUT2D eigenvalue weighted by Gasteiger charge is 2.23. The number of imidazole rings is 1. The molecule has 1 atom stereocenters. The predicted molar refractivity (Wildman–Crippen MR) is 110 cm³/mol. The van der Waals surface area contributed by atoms with Gasteiger partial charge in [0.05, 0.1) is 22.0 Å². The van der Waals surface area contributed by atoms with E-state index in [0.29, 0.717) is 18.0 Å². The minimum Gasteiger partial charge on any atom is -0.377 e. The third-order valence-electron chi connectivity index (χ3n) is 5.02. The molecule has 1 aliphatic rings. The maximum absolute atomic E-state index is 12.8. The molecule has 0 spiro atoms. The molecule has 0 saturated carbocycles. The molecular formula is C19H29N3O3S2. The molecule has 27 heavy (non-hydrogen) atoms. The van der Waals surface area contributed by atoms with Crippen molar-refractivity contribution in [2.75, 3.05) is 25.4 Å². The van der Waals surface area contributed by atoms with Gasteiger partial charge < -0.3 is 9.30 Å². The largest absolute Gasteiger partial charge is 0.377 e. The molecular weight excluding hydrogens is 382 g/mol. The van der Waals surface area contributed by atoms with Crippen molar-refractivity contribution in [3.8, 4) is 0 Å². The SMILES string of the molecule is CCN(CC)S(=O)(=O)c1ccc2c(c1)nc(SC[C@@H]1CCCCO1)n2CC. The number of thioether (sulfide) groups is 1. The topological polar surface area (TPSA) is 64.4 Å². The fourth-order valence-corrected chi connectivity index (χ4v) is 6.11. The molecule has 150 valence electrons. The van der Waals surface area contributed by atoms with Gasteiger partial charge in [-0.1, -0.05) is 25.6 Å². The number of nitrogens with zero attached hydrogens (tertiary/aromatic N) is 3. The lowest BCUT2D eigenvalue weighted by atomic mass is 10.1. The van der Waals surface area contributed by atoms with E-state index in [4.69, 9.17) is 9.72 Å². The zero-order valence-corrected chi connectivity index (χ0v) is 18.0. The molecule has 2 heterocycles. The average Bonchev–Trinajstić information content (AvgIpc) is 3.04. The molecule has 0 N–H and O–H groups in total. The maximum Gasteiger partial charge on any atom is 0.243 e. The Hall–Kier alpha value is -1.09. The van der Waals surface area contributed by atoms with Gasteiger partial charge in [0, 0.05) is 32.0 Å². The highest BCUT2D eigenvalue weighted by molar-refractivity contribution is 7.99. The molecule has 2 aromatic rings. The monoisotopic (exact) mass is 411 g/mol. The van der Waals surface area contributed by atoms with Crippen LogP contribution in [0.1, 0.15) is 40.0 Å². The smallest absolute Gasteiger partial charge is 0.243 e. The quantitative estimate of drug-likeness (QED) is 0.619. The van der Waals surface area contributed by atoms with Crippen molar-refractivity contribution in [3.05, 3.63) is 18.2 Å². The Morgan fingerprint density at radius 2 is 2.04 bits per heavy atom. The van der Waals surface area contributed by atoms with Crippen LogP contribution in [0.3, 0.4) is 0 Å². The third-order valence-corrected chi connectivity index (χ3v) is 8.17. The van der Waals surface area contributed by atoms with E-state index in [0.717, 1.165) is 47.9 Å². The van der Waals surface area contributed by atoms with E-state index in [1.165, 1.54) is 10.7 Å². The van der Waals surface area contributed by atoms with Gasteiger partial charge in [-0.15, -0.1) is 0 Å². The number of aromatic nitrogens is 2. The predicted octanol–water partition coefficient (Wildman–Crippen LogP) is 3.75. The van der Waals surface area contributed by atoms with Crippen molar-refractivity contribution in [1.29, 1.82) is 0 Å². The maximum atomic E-state index is 12.8. The van der Waals surface area contributed by atoms with Gasteiger partial charge in [0.2, 0.25) is 10.0 Å². The Morgan fingerprint density at radius 3 is 2.67 bits per heavy atom. The Balaban J connectivity index is 1.88. The van der Waals surface area contributed by atoms with Gasteiger partial charge in [0.1, 0.15) is 0 Å². The second-order valence-corrected chi connectivity index (χ2v) is 9.60. The van der Waals surface area contributed by atoms with E-state index in [-0.39, 0.29) is 6.10 Å². The van der Waals surface area contributed by atoms with Crippen LogP contribution in [-0.4, -0.2) is 53.8 Å². The first-order valence-corrected chi connectivity index (χ1v) is 12.2. The first-order chi connectivity index (χ1) is 13.0. The second kappa shape index (κ2) is 8.94. The lowest BCUT2D eigenvalue weighted by molar-refractivity contribution is 0.0315. The van der Waals surface area contributed by atoms with Crippen LogP contribution < -0.4 is 0 Å². The standard InChI is InChI=1S/C19H29N3O3S2/c1-4-21(5-2)27(23,24)16-10-11-18-17(13-16)20-19(22(18)6-3)26-14-15-9-7-8-12-25-15/h10-11,13,15H,4-9,12,14H2,1-3H3/t15-/m0/s1. The Labute approximate surface area is 166 Å². The lowest BCUT2D eigenvalue weighted by Crippen LogP contribution is -2.30. The summed E-state index contributed by atoms with van der Waals surface area (Å²) in [6.07, 6.45) is 3.76. The first kappa shape index (κ1) is 20.6. The van der Waals surface area contributed by atoms with Crippen molar-refractivity contribution in [2.24, 2.45) is 0 Å². The highest BCUT2D eigenvalue weighted by atomic mass is 32.2. The van der Waals surface area contributed by atoms with Gasteiger partial charge in [0.15, 0.2) is 5.16 Å². The molecule has 1 fully saturated rings. The van der Waals surface area contributed by atoms with E-state index in [2.05, 4.69) is 11.5 Å². The lowest BCUT2D eigenvalue weighted by Gasteiger charge is -2.21. The van der Waals surface area contributed by atoms with Crippen molar-refractivity contribution in [1.82, 2.24) is 13.9 Å². The van der Waals surface area contributed by atoms with E-state index in [1.807, 2.05) is 19.9 Å². The number of hydrogen-bond acceptors (Lipinski definition) is 5. The minimum atomic E-state index is -3.48. The molecule has 1 aromatic carbocycles. The number of rotatable bonds is 8. The summed E-state index contributed by atoms with van der Waals surface area (Å²) in [6.45, 7) is 8.36. The normalized spacial score (nSPS) is 18.4. The van der Waals surface area contributed by atoms with Crippen molar-refractivity contribution in [3.63, 3.8) is 0 Å². The number of ether oxygens (including phenoxy) is 1. The van der Waals surface area contributed by atoms with E-state index >= 15 is 0 Å². The summed E-state index contributed by atoms with van der Waals surface area (Å²) >= 11 is 1.70. The zero-order chi connectivity index (χ0) is 19.4. The Bertz CT molecular complexity index is 870. The van der Waals surface area contributed by atoms with Crippen LogP contribution in [0, 0.1) is 0 Å². The highest BCUT2D eigenvalue weighted by Crippen LogP contribution is 2.29. The molecule has 0 bridgehead atoms. The second-order valence-electron chi connectivity index (χ2n) is 6.68. The van der Waals surface area contributed by atoms with Gasteiger partial charge in [-0.25, -0.2) is 13.4 Å². The van der Waals surface area contributed by atoms with E-state index in [1.54, 1.807) is 23.9 Å². The van der Waals surface area contributed by atoms with Crippen LogP contribution >= 0.6 is 11.8 Å². The number of sulfonamides is 1. The van der Waals surface area contributed by atoms with Crippen LogP contribution in [0.15, 0.2) is 28.3 Å². The van der Waals surface area contributed by atoms with Gasteiger partial charge in [-0.2, -0.15) is 4.31 Å². The van der Waals surface area contributed by atoms with Crippen molar-refractivity contribution in [2.45, 2.75) is 62.7 Å². The molecule has 0 aliphatic carbocycles. The fraction of sp³-hybridized carbons (Fsp3) is 0.632. The van der Waals surface area contributed by atoms with Crippen molar-refractivity contribution < 1.29 is 13.2 Å². The summed E-state index contributed by atoms with van der Waals surface area (Å²) < 4.78 is 35.0. The number of hydrogen-bond donors (Lipinski definition) is 0. The van der Waals surface area contributed by atoms with Crippen molar-refractivity contribution >= 4 is 32.8 Å². The number of benzene rings is 1. The molecule has 1 aliphatic heterocycles. The molecule has 3 rings (SSSR count). The zero-order valence-electron chi connectivity index (χ0n) is 16.3. The third kappa shape index (κ3) is 4.34. The van der Waals surface area contributed by atoms with Gasteiger partial charge in [0.25, 0.3) is 0 Å². The fourth-order valence-electron chi connectivity index (χ4n) is 3.48. The molecule has 0 unspecified atom stereocenters. The summed E-state index contributed by atoms with van der Waals surface area (Å²) in [5, 5.41) is 0.930. The van der Waals surface area contributed by atoms with Gasteiger partial charge in [-0.05, 0) is 44.4 Å². The molecule has 6 nitrogen and oxygen atoms in total. The Morgan fingerprint density at radius 1 is 1.26 bits per heavy atom. The molecule has 1 aromatic heterocycles. The van der Waals surface area contributed by atoms with Crippen LogP contribution in [0.2, 0.25) is 0 Å². The number of aryl methyl sites for hydroxylation is 1. The van der Waals surface area contributed by atoms with E-state index in [9.17, 15) is 8.42 Å². The number of fused-ring (bicyclic) bond motifs is 1. The summed E-state index contributed by atoms with van der Waals surface area (Å²) in [5.74, 6) is 0.883. The molecule has 8 heteroatoms. The molecule has 0 amide bonds. The molecule has 0 radical (unpaired) electrons. The van der Waals surface area contributed by atoms with E-state index < -0.39 is 10.0 Å². The van der Waals surface area contributed by atoms with Gasteiger partial charge in [-0.3, -0.25) is 0 Å². The summed E-state index contributed by atoms with van der Waals surface area (Å²) in [4.78, 5) is 5.05. The Kier molecular flexibility index (Phi) is 6.83. The molecule has 1 saturated heterocycles. The van der Waals surface area contributed by atoms with Crippen LogP contribution in [0.5, 0.6) is 0 Å². The summed E-state index contributed by atoms with van der Waals surface area (Å²) in [5.41, 5.74) is 1.71.